The molecule has 0 saturated carbocycles. The maximum Gasteiger partial charge on any atom is 0.239 e. The third kappa shape index (κ3) is 2.69. The van der Waals surface area contributed by atoms with Crippen molar-refractivity contribution in [2.45, 2.75) is 32.2 Å². The first kappa shape index (κ1) is 10.5. The average Bonchev–Trinajstić information content (AvgIpc) is 2.52. The number of rotatable bonds is 3. The first-order valence-corrected chi connectivity index (χ1v) is 5.09. The van der Waals surface area contributed by atoms with Crippen LogP contribution >= 0.6 is 0 Å². The topological polar surface area (TPSA) is 32.3 Å². The van der Waals surface area contributed by atoms with Crippen LogP contribution < -0.4 is 5.32 Å². The molecule has 0 bridgehead atoms. The van der Waals surface area contributed by atoms with Crippen LogP contribution in [0, 0.1) is 5.92 Å². The van der Waals surface area contributed by atoms with Crippen LogP contribution in [0.4, 0.5) is 0 Å². The standard InChI is InChI=1S/C10H20N2O/c1-4-5-8-6-9(11-7-8)10(13)12(2)3/h8-9,11H,4-7H2,1-3H3/t8-,9-/m0/s1. The lowest BCUT2D eigenvalue weighted by molar-refractivity contribution is -0.130. The van der Waals surface area contributed by atoms with Crippen LogP contribution in [0.15, 0.2) is 0 Å². The van der Waals surface area contributed by atoms with Crippen molar-refractivity contribution < 1.29 is 4.79 Å². The third-order valence-electron chi connectivity index (χ3n) is 2.66. The molecule has 1 amide bonds. The quantitative estimate of drug-likeness (QED) is 0.705. The van der Waals surface area contributed by atoms with Crippen LogP contribution in [0.25, 0.3) is 0 Å². The fourth-order valence-corrected chi connectivity index (χ4v) is 1.94. The van der Waals surface area contributed by atoms with Crippen LogP contribution in [0.2, 0.25) is 0 Å². The Morgan fingerprint density at radius 3 is 2.77 bits per heavy atom. The van der Waals surface area contributed by atoms with E-state index >= 15 is 0 Å². The van der Waals surface area contributed by atoms with Crippen molar-refractivity contribution in [3.05, 3.63) is 0 Å². The Balaban J connectivity index is 2.36. The van der Waals surface area contributed by atoms with Gasteiger partial charge in [0.15, 0.2) is 0 Å². The molecular weight excluding hydrogens is 164 g/mol. The lowest BCUT2D eigenvalue weighted by Gasteiger charge is -2.15. The van der Waals surface area contributed by atoms with Crippen LogP contribution in [0.1, 0.15) is 26.2 Å². The third-order valence-corrected chi connectivity index (χ3v) is 2.66. The molecule has 0 aromatic heterocycles. The summed E-state index contributed by atoms with van der Waals surface area (Å²) in [4.78, 5) is 13.2. The molecule has 3 heteroatoms. The first-order chi connectivity index (χ1) is 6.15. The smallest absolute Gasteiger partial charge is 0.239 e. The Hall–Kier alpha value is -0.570. The van der Waals surface area contributed by atoms with Gasteiger partial charge in [0.05, 0.1) is 6.04 Å². The van der Waals surface area contributed by atoms with Crippen molar-refractivity contribution >= 4 is 5.91 Å². The number of hydrogen-bond donors (Lipinski definition) is 1. The van der Waals surface area contributed by atoms with Crippen molar-refractivity contribution in [2.24, 2.45) is 5.92 Å². The molecule has 1 rings (SSSR count). The molecule has 0 radical (unpaired) electrons. The van der Waals surface area contributed by atoms with Gasteiger partial charge in [-0.1, -0.05) is 13.3 Å². The van der Waals surface area contributed by atoms with Crippen LogP contribution in [0.3, 0.4) is 0 Å². The van der Waals surface area contributed by atoms with Gasteiger partial charge in [-0.2, -0.15) is 0 Å². The molecule has 2 atom stereocenters. The predicted molar refractivity (Wildman–Crippen MR) is 53.5 cm³/mol. The molecule has 0 aromatic rings. The molecule has 76 valence electrons. The maximum absolute atomic E-state index is 11.6. The Morgan fingerprint density at radius 1 is 1.54 bits per heavy atom. The van der Waals surface area contributed by atoms with E-state index in [2.05, 4.69) is 12.2 Å². The van der Waals surface area contributed by atoms with Crippen molar-refractivity contribution in [2.75, 3.05) is 20.6 Å². The molecule has 0 aromatic carbocycles. The summed E-state index contributed by atoms with van der Waals surface area (Å²) in [5, 5.41) is 3.28. The summed E-state index contributed by atoms with van der Waals surface area (Å²) in [5.41, 5.74) is 0. The predicted octanol–water partition coefficient (Wildman–Crippen LogP) is 0.853. The molecule has 0 spiro atoms. The average molecular weight is 184 g/mol. The molecule has 0 unspecified atom stereocenters. The van der Waals surface area contributed by atoms with Gasteiger partial charge in [0.2, 0.25) is 5.91 Å². The van der Waals surface area contributed by atoms with Gasteiger partial charge in [-0.3, -0.25) is 4.79 Å². The molecule has 0 aliphatic carbocycles. The number of hydrogen-bond acceptors (Lipinski definition) is 2. The Kier molecular flexibility index (Phi) is 3.72. The Bertz CT molecular complexity index is 180. The monoisotopic (exact) mass is 184 g/mol. The van der Waals surface area contributed by atoms with E-state index in [-0.39, 0.29) is 11.9 Å². The van der Waals surface area contributed by atoms with E-state index in [1.165, 1.54) is 12.8 Å². The van der Waals surface area contributed by atoms with Gasteiger partial charge >= 0.3 is 0 Å². The molecular formula is C10H20N2O. The molecule has 3 nitrogen and oxygen atoms in total. The van der Waals surface area contributed by atoms with E-state index in [0.717, 1.165) is 13.0 Å². The van der Waals surface area contributed by atoms with E-state index in [1.807, 2.05) is 14.1 Å². The van der Waals surface area contributed by atoms with Gasteiger partial charge in [0, 0.05) is 14.1 Å². The van der Waals surface area contributed by atoms with Gasteiger partial charge in [-0.15, -0.1) is 0 Å². The lowest BCUT2D eigenvalue weighted by Crippen LogP contribution is -2.39. The van der Waals surface area contributed by atoms with Gasteiger partial charge in [-0.05, 0) is 25.3 Å². The second kappa shape index (κ2) is 4.61. The van der Waals surface area contributed by atoms with Crippen LogP contribution in [-0.4, -0.2) is 37.5 Å². The second-order valence-electron chi connectivity index (χ2n) is 4.08. The number of carbonyl (C=O) groups is 1. The largest absolute Gasteiger partial charge is 0.347 e. The van der Waals surface area contributed by atoms with Crippen LogP contribution in [0.5, 0.6) is 0 Å². The zero-order valence-electron chi connectivity index (χ0n) is 8.84. The number of carbonyl (C=O) groups excluding carboxylic acids is 1. The number of nitrogens with one attached hydrogen (secondary N) is 1. The van der Waals surface area contributed by atoms with E-state index in [1.54, 1.807) is 4.90 Å². The fourth-order valence-electron chi connectivity index (χ4n) is 1.94. The van der Waals surface area contributed by atoms with Gasteiger partial charge in [0.1, 0.15) is 0 Å². The minimum absolute atomic E-state index is 0.0755. The van der Waals surface area contributed by atoms with Crippen molar-refractivity contribution in [1.82, 2.24) is 10.2 Å². The molecule has 1 N–H and O–H groups in total. The normalized spacial score (nSPS) is 27.6. The van der Waals surface area contributed by atoms with Crippen molar-refractivity contribution in [1.29, 1.82) is 0 Å². The van der Waals surface area contributed by atoms with Crippen LogP contribution in [-0.2, 0) is 4.79 Å². The summed E-state index contributed by atoms with van der Waals surface area (Å²) in [7, 11) is 3.63. The summed E-state index contributed by atoms with van der Waals surface area (Å²) in [5.74, 6) is 0.928. The van der Waals surface area contributed by atoms with E-state index in [4.69, 9.17) is 0 Å². The summed E-state index contributed by atoms with van der Waals surface area (Å²) in [6.07, 6.45) is 3.48. The highest BCUT2D eigenvalue weighted by Crippen LogP contribution is 2.19. The molecule has 1 fully saturated rings. The molecule has 13 heavy (non-hydrogen) atoms. The summed E-state index contributed by atoms with van der Waals surface area (Å²) < 4.78 is 0. The SMILES string of the molecule is CCC[C@@H]1CN[C@H](C(=O)N(C)C)C1. The van der Waals surface area contributed by atoms with Crippen molar-refractivity contribution in [3.63, 3.8) is 0 Å². The lowest BCUT2D eigenvalue weighted by atomic mass is 10.00. The highest BCUT2D eigenvalue weighted by molar-refractivity contribution is 5.81. The molecule has 1 saturated heterocycles. The Labute approximate surface area is 80.5 Å². The number of amides is 1. The first-order valence-electron chi connectivity index (χ1n) is 5.09. The number of likely N-dealkylation sites (N-methyl/N-ethyl adjacent to an activating group) is 1. The zero-order chi connectivity index (χ0) is 9.84. The minimum atomic E-state index is 0.0755. The molecule has 1 aliphatic rings. The van der Waals surface area contributed by atoms with E-state index < -0.39 is 0 Å². The van der Waals surface area contributed by atoms with Gasteiger partial charge in [-0.25, -0.2) is 0 Å². The summed E-state index contributed by atoms with van der Waals surface area (Å²) in [6, 6.07) is 0.0755. The molecule has 1 aliphatic heterocycles. The van der Waals surface area contributed by atoms with Gasteiger partial charge < -0.3 is 10.2 Å². The zero-order valence-corrected chi connectivity index (χ0v) is 8.84. The number of nitrogens with zero attached hydrogens (tertiary/aromatic N) is 1. The van der Waals surface area contributed by atoms with Crippen molar-refractivity contribution in [3.8, 4) is 0 Å². The highest BCUT2D eigenvalue weighted by atomic mass is 16.2. The maximum atomic E-state index is 11.6. The fraction of sp³-hybridized carbons (Fsp3) is 0.900. The summed E-state index contributed by atoms with van der Waals surface area (Å²) in [6.45, 7) is 3.21. The Morgan fingerprint density at radius 2 is 2.23 bits per heavy atom. The van der Waals surface area contributed by atoms with Gasteiger partial charge in [0.25, 0.3) is 0 Å². The van der Waals surface area contributed by atoms with E-state index in [9.17, 15) is 4.79 Å². The molecule has 1 heterocycles. The summed E-state index contributed by atoms with van der Waals surface area (Å²) >= 11 is 0. The minimum Gasteiger partial charge on any atom is -0.347 e. The van der Waals surface area contributed by atoms with E-state index in [0.29, 0.717) is 5.92 Å². The highest BCUT2D eigenvalue weighted by Gasteiger charge is 2.29. The second-order valence-corrected chi connectivity index (χ2v) is 4.08.